The molecule has 0 saturated carbocycles. The van der Waals surface area contributed by atoms with Crippen LogP contribution in [0.3, 0.4) is 0 Å². The number of hydrogen-bond donors (Lipinski definition) is 1. The summed E-state index contributed by atoms with van der Waals surface area (Å²) in [5.41, 5.74) is 7.13. The second-order valence-corrected chi connectivity index (χ2v) is 5.44. The van der Waals surface area contributed by atoms with Crippen LogP contribution in [0, 0.1) is 0 Å². The molecule has 7 heteroatoms. The number of carbonyl (C=O) groups excluding carboxylic acids is 2. The highest BCUT2D eigenvalue weighted by Gasteiger charge is 2.26. The van der Waals surface area contributed by atoms with Crippen molar-refractivity contribution in [1.29, 1.82) is 0 Å². The van der Waals surface area contributed by atoms with E-state index in [-0.39, 0.29) is 12.5 Å². The Balaban J connectivity index is 1.62. The lowest BCUT2D eigenvalue weighted by Gasteiger charge is -2.30. The van der Waals surface area contributed by atoms with Crippen molar-refractivity contribution in [3.05, 3.63) is 54.6 Å². The van der Waals surface area contributed by atoms with Crippen LogP contribution < -0.4 is 5.73 Å². The first-order valence-corrected chi connectivity index (χ1v) is 7.60. The minimum Gasteiger partial charge on any atom is -0.367 e. The van der Waals surface area contributed by atoms with Gasteiger partial charge in [0.15, 0.2) is 6.10 Å². The first kappa shape index (κ1) is 15.9. The molecule has 124 valence electrons. The van der Waals surface area contributed by atoms with E-state index in [0.29, 0.717) is 13.2 Å². The summed E-state index contributed by atoms with van der Waals surface area (Å²) in [7, 11) is 0. The van der Waals surface area contributed by atoms with E-state index in [1.165, 1.54) is 6.08 Å². The lowest BCUT2D eigenvalue weighted by Crippen LogP contribution is -2.50. The number of amides is 2. The topological polar surface area (TPSA) is 90.5 Å². The molecule has 7 nitrogen and oxygen atoms in total. The number of nitrogens with two attached hydrogens (primary N) is 1. The van der Waals surface area contributed by atoms with Gasteiger partial charge in [0.2, 0.25) is 11.8 Å². The van der Waals surface area contributed by atoms with Crippen LogP contribution in [-0.4, -0.2) is 52.1 Å². The van der Waals surface area contributed by atoms with Gasteiger partial charge in [0.25, 0.3) is 0 Å². The highest BCUT2D eigenvalue weighted by Crippen LogP contribution is 2.11. The van der Waals surface area contributed by atoms with Crippen LogP contribution in [0.25, 0.3) is 11.8 Å². The van der Waals surface area contributed by atoms with E-state index in [4.69, 9.17) is 10.5 Å². The largest absolute Gasteiger partial charge is 0.367 e. The molecule has 2 aromatic rings. The Kier molecular flexibility index (Phi) is 4.72. The van der Waals surface area contributed by atoms with Crippen molar-refractivity contribution >= 4 is 17.9 Å². The summed E-state index contributed by atoms with van der Waals surface area (Å²) in [5, 5.41) is 0. The van der Waals surface area contributed by atoms with Crippen molar-refractivity contribution in [1.82, 2.24) is 14.5 Å². The van der Waals surface area contributed by atoms with Gasteiger partial charge in [0.1, 0.15) is 0 Å². The zero-order valence-corrected chi connectivity index (χ0v) is 13.0. The molecular formula is C17H18N4O3. The number of aromatic nitrogens is 2. The minimum atomic E-state index is -0.731. The van der Waals surface area contributed by atoms with Gasteiger partial charge in [-0.15, -0.1) is 0 Å². The van der Waals surface area contributed by atoms with E-state index in [9.17, 15) is 9.59 Å². The molecule has 2 N–H and O–H groups in total. The molecule has 1 fully saturated rings. The fourth-order valence-corrected chi connectivity index (χ4v) is 2.46. The number of primary amides is 1. The summed E-state index contributed by atoms with van der Waals surface area (Å²) in [5.74, 6) is -0.713. The molecule has 0 bridgehead atoms. The number of rotatable bonds is 4. The van der Waals surface area contributed by atoms with Crippen molar-refractivity contribution in [2.45, 2.75) is 6.10 Å². The van der Waals surface area contributed by atoms with Gasteiger partial charge in [-0.3, -0.25) is 9.59 Å². The van der Waals surface area contributed by atoms with E-state index in [1.807, 2.05) is 35.0 Å². The Labute approximate surface area is 139 Å². The van der Waals surface area contributed by atoms with E-state index in [0.717, 1.165) is 11.3 Å². The molecule has 0 spiro atoms. The van der Waals surface area contributed by atoms with Crippen LogP contribution in [0.15, 0.2) is 49.1 Å². The predicted molar refractivity (Wildman–Crippen MR) is 88.1 cm³/mol. The Morgan fingerprint density at radius 2 is 2.08 bits per heavy atom. The maximum absolute atomic E-state index is 12.2. The molecule has 2 heterocycles. The zero-order valence-electron chi connectivity index (χ0n) is 13.0. The second-order valence-electron chi connectivity index (χ2n) is 5.44. The number of benzene rings is 1. The highest BCUT2D eigenvalue weighted by atomic mass is 16.5. The number of carbonyl (C=O) groups is 2. The molecule has 1 unspecified atom stereocenters. The van der Waals surface area contributed by atoms with Crippen molar-refractivity contribution < 1.29 is 14.3 Å². The van der Waals surface area contributed by atoms with Gasteiger partial charge in [-0.05, 0) is 23.8 Å². The monoisotopic (exact) mass is 326 g/mol. The lowest BCUT2D eigenvalue weighted by molar-refractivity contribution is -0.142. The van der Waals surface area contributed by atoms with Crippen LogP contribution in [-0.2, 0) is 14.3 Å². The smallest absolute Gasteiger partial charge is 0.248 e. The average Bonchev–Trinajstić information content (AvgIpc) is 3.15. The first-order chi connectivity index (χ1) is 11.6. The quantitative estimate of drug-likeness (QED) is 0.833. The molecule has 1 aromatic carbocycles. The second kappa shape index (κ2) is 7.10. The third kappa shape index (κ3) is 3.69. The van der Waals surface area contributed by atoms with Gasteiger partial charge < -0.3 is 19.9 Å². The molecule has 1 aromatic heterocycles. The van der Waals surface area contributed by atoms with Crippen LogP contribution in [0.4, 0.5) is 0 Å². The maximum atomic E-state index is 12.2. The van der Waals surface area contributed by atoms with Gasteiger partial charge >= 0.3 is 0 Å². The highest BCUT2D eigenvalue weighted by molar-refractivity contribution is 5.92. The van der Waals surface area contributed by atoms with Crippen molar-refractivity contribution in [2.24, 2.45) is 5.73 Å². The maximum Gasteiger partial charge on any atom is 0.248 e. The summed E-state index contributed by atoms with van der Waals surface area (Å²) < 4.78 is 7.13. The molecule has 1 aliphatic rings. The molecule has 0 radical (unpaired) electrons. The summed E-state index contributed by atoms with van der Waals surface area (Å²) in [4.78, 5) is 28.9. The van der Waals surface area contributed by atoms with Crippen LogP contribution in [0.2, 0.25) is 0 Å². The molecule has 1 saturated heterocycles. The predicted octanol–water partition coefficient (Wildman–Crippen LogP) is 0.598. The Hall–Kier alpha value is -2.93. The van der Waals surface area contributed by atoms with Crippen LogP contribution in [0.5, 0.6) is 0 Å². The van der Waals surface area contributed by atoms with Crippen molar-refractivity contribution in [2.75, 3.05) is 19.7 Å². The fourth-order valence-electron chi connectivity index (χ4n) is 2.46. The summed E-state index contributed by atoms with van der Waals surface area (Å²) in [6.07, 6.45) is 7.81. The van der Waals surface area contributed by atoms with E-state index in [2.05, 4.69) is 4.98 Å². The van der Waals surface area contributed by atoms with Gasteiger partial charge in [-0.2, -0.15) is 0 Å². The van der Waals surface area contributed by atoms with Crippen LogP contribution in [0.1, 0.15) is 5.56 Å². The normalized spacial score (nSPS) is 18.0. The Morgan fingerprint density at radius 3 is 2.75 bits per heavy atom. The van der Waals surface area contributed by atoms with Gasteiger partial charge in [0.05, 0.1) is 19.5 Å². The SMILES string of the molecule is NC(=O)C1CN(C(=O)/C=C/c2ccc(-n3ccnc3)cc2)CCO1. The summed E-state index contributed by atoms with van der Waals surface area (Å²) in [6, 6.07) is 7.74. The molecule has 1 aliphatic heterocycles. The van der Waals surface area contributed by atoms with Crippen molar-refractivity contribution in [3.63, 3.8) is 0 Å². The Bertz CT molecular complexity index is 738. The lowest BCUT2D eigenvalue weighted by atomic mass is 10.2. The van der Waals surface area contributed by atoms with Gasteiger partial charge in [-0.25, -0.2) is 4.98 Å². The van der Waals surface area contributed by atoms with E-state index < -0.39 is 12.0 Å². The third-order valence-corrected chi connectivity index (χ3v) is 3.81. The molecule has 24 heavy (non-hydrogen) atoms. The number of hydrogen-bond acceptors (Lipinski definition) is 4. The molecular weight excluding hydrogens is 308 g/mol. The van der Waals surface area contributed by atoms with Crippen molar-refractivity contribution in [3.8, 4) is 5.69 Å². The molecule has 3 rings (SSSR count). The number of morpholine rings is 1. The van der Waals surface area contributed by atoms with Gasteiger partial charge in [-0.1, -0.05) is 12.1 Å². The average molecular weight is 326 g/mol. The first-order valence-electron chi connectivity index (χ1n) is 7.60. The third-order valence-electron chi connectivity index (χ3n) is 3.81. The zero-order chi connectivity index (χ0) is 16.9. The summed E-state index contributed by atoms with van der Waals surface area (Å²) >= 11 is 0. The number of imidazole rings is 1. The fraction of sp³-hybridized carbons (Fsp3) is 0.235. The number of ether oxygens (including phenoxy) is 1. The molecule has 2 amide bonds. The van der Waals surface area contributed by atoms with E-state index >= 15 is 0 Å². The van der Waals surface area contributed by atoms with E-state index in [1.54, 1.807) is 23.5 Å². The van der Waals surface area contributed by atoms with Crippen LogP contribution >= 0.6 is 0 Å². The summed E-state index contributed by atoms with van der Waals surface area (Å²) in [6.45, 7) is 0.956. The number of nitrogens with zero attached hydrogens (tertiary/aromatic N) is 3. The molecule has 0 aliphatic carbocycles. The standard InChI is InChI=1S/C17H18N4O3/c18-17(23)15-11-20(9-10-24-15)16(22)6-3-13-1-4-14(5-2-13)21-8-7-19-12-21/h1-8,12,15H,9-11H2,(H2,18,23)/b6-3+. The van der Waals surface area contributed by atoms with Gasteiger partial charge in [0, 0.05) is 30.7 Å². The Morgan fingerprint density at radius 1 is 1.29 bits per heavy atom. The molecule has 1 atom stereocenters. The minimum absolute atomic E-state index is 0.164.